The van der Waals surface area contributed by atoms with Crippen LogP contribution < -0.4 is 20.7 Å². The zero-order valence-electron chi connectivity index (χ0n) is 16.1. The van der Waals surface area contributed by atoms with Crippen molar-refractivity contribution in [3.63, 3.8) is 0 Å². The normalized spacial score (nSPS) is 10.1. The maximum atomic E-state index is 12.3. The van der Waals surface area contributed by atoms with Gasteiger partial charge in [-0.2, -0.15) is 0 Å². The van der Waals surface area contributed by atoms with E-state index in [1.807, 2.05) is 6.92 Å². The highest BCUT2D eigenvalue weighted by atomic mass is 32.1. The van der Waals surface area contributed by atoms with Crippen LogP contribution in [0.3, 0.4) is 0 Å². The van der Waals surface area contributed by atoms with Crippen molar-refractivity contribution in [3.8, 4) is 5.75 Å². The first-order valence-corrected chi connectivity index (χ1v) is 9.67. The van der Waals surface area contributed by atoms with Crippen LogP contribution >= 0.6 is 12.2 Å². The van der Waals surface area contributed by atoms with Crippen LogP contribution in [-0.4, -0.2) is 30.1 Å². The quantitative estimate of drug-likeness (QED) is 0.465. The van der Waals surface area contributed by atoms with Crippen LogP contribution in [-0.2, 0) is 0 Å². The summed E-state index contributed by atoms with van der Waals surface area (Å²) in [5.41, 5.74) is 1.62. The van der Waals surface area contributed by atoms with E-state index in [-0.39, 0.29) is 16.9 Å². The molecule has 0 saturated heterocycles. The van der Waals surface area contributed by atoms with Gasteiger partial charge in [0.05, 0.1) is 6.61 Å². The number of carbonyl (C=O) groups is 2. The van der Waals surface area contributed by atoms with Gasteiger partial charge in [-0.05, 0) is 68.0 Å². The van der Waals surface area contributed by atoms with Gasteiger partial charge in [0, 0.05) is 23.4 Å². The second-order valence-electron chi connectivity index (χ2n) is 6.06. The summed E-state index contributed by atoms with van der Waals surface area (Å²) in [5, 5.41) is 8.58. The van der Waals surface area contributed by atoms with Gasteiger partial charge in [0.15, 0.2) is 5.11 Å². The Kier molecular flexibility index (Phi) is 8.42. The lowest BCUT2D eigenvalue weighted by Crippen LogP contribution is -2.34. The van der Waals surface area contributed by atoms with Crippen molar-refractivity contribution in [2.24, 2.45) is 0 Å². The number of hydrogen-bond acceptors (Lipinski definition) is 4. The van der Waals surface area contributed by atoms with Crippen LogP contribution in [0.15, 0.2) is 48.5 Å². The number of unbranched alkanes of at least 4 members (excludes halogenated alkanes) is 1. The number of nitrogens with one attached hydrogen (secondary N) is 3. The lowest BCUT2D eigenvalue weighted by Gasteiger charge is -2.11. The number of hydrogen-bond donors (Lipinski definition) is 3. The van der Waals surface area contributed by atoms with E-state index in [9.17, 15) is 9.59 Å². The smallest absolute Gasteiger partial charge is 0.257 e. The molecule has 0 unspecified atom stereocenters. The predicted octanol–water partition coefficient (Wildman–Crippen LogP) is 3.74. The van der Waals surface area contributed by atoms with Crippen molar-refractivity contribution in [1.82, 2.24) is 10.6 Å². The van der Waals surface area contributed by atoms with Gasteiger partial charge in [0.1, 0.15) is 5.75 Å². The second-order valence-corrected chi connectivity index (χ2v) is 6.46. The van der Waals surface area contributed by atoms with Crippen LogP contribution in [0.1, 0.15) is 47.4 Å². The molecule has 0 fully saturated rings. The number of benzene rings is 2. The Morgan fingerprint density at radius 3 is 2.43 bits per heavy atom. The van der Waals surface area contributed by atoms with E-state index in [2.05, 4.69) is 22.9 Å². The van der Waals surface area contributed by atoms with Crippen molar-refractivity contribution < 1.29 is 14.3 Å². The Bertz CT molecular complexity index is 822. The van der Waals surface area contributed by atoms with Crippen molar-refractivity contribution >= 4 is 34.8 Å². The van der Waals surface area contributed by atoms with Crippen LogP contribution in [0.2, 0.25) is 0 Å². The maximum absolute atomic E-state index is 12.3. The third-order valence-corrected chi connectivity index (χ3v) is 4.06. The fourth-order valence-corrected chi connectivity index (χ4v) is 2.64. The Morgan fingerprint density at radius 1 is 1.00 bits per heavy atom. The summed E-state index contributed by atoms with van der Waals surface area (Å²) in [6, 6.07) is 13.8. The zero-order chi connectivity index (χ0) is 20.4. The molecule has 2 amide bonds. The molecule has 0 aromatic heterocycles. The average molecular weight is 400 g/mol. The largest absolute Gasteiger partial charge is 0.494 e. The summed E-state index contributed by atoms with van der Waals surface area (Å²) in [5.74, 6) is 0.240. The SMILES string of the molecule is CCCCNC(=O)c1cccc(NC(=S)NC(=O)c2ccc(OCC)cc2)c1. The molecule has 2 rings (SSSR count). The molecular formula is C21H25N3O3S. The van der Waals surface area contributed by atoms with E-state index in [0.717, 1.165) is 12.8 Å². The number of ether oxygens (including phenoxy) is 1. The first-order valence-electron chi connectivity index (χ1n) is 9.27. The first kappa shape index (κ1) is 21.4. The monoisotopic (exact) mass is 399 g/mol. The zero-order valence-corrected chi connectivity index (χ0v) is 16.9. The number of thiocarbonyl (C=S) groups is 1. The van der Waals surface area contributed by atoms with Gasteiger partial charge in [0.2, 0.25) is 0 Å². The second kappa shape index (κ2) is 11.0. The van der Waals surface area contributed by atoms with Gasteiger partial charge in [0.25, 0.3) is 11.8 Å². The first-order chi connectivity index (χ1) is 13.5. The molecule has 0 radical (unpaired) electrons. The Morgan fingerprint density at radius 2 is 1.75 bits per heavy atom. The molecule has 6 nitrogen and oxygen atoms in total. The summed E-state index contributed by atoms with van der Waals surface area (Å²) in [6.45, 7) is 5.17. The molecule has 0 heterocycles. The van der Waals surface area contributed by atoms with Gasteiger partial charge < -0.3 is 15.4 Å². The van der Waals surface area contributed by atoms with E-state index in [1.54, 1.807) is 48.5 Å². The van der Waals surface area contributed by atoms with Crippen LogP contribution in [0.5, 0.6) is 5.75 Å². The summed E-state index contributed by atoms with van der Waals surface area (Å²) >= 11 is 5.21. The standard InChI is InChI=1S/C21H25N3O3S/c1-3-5-13-22-19(25)16-7-6-8-17(14-16)23-21(28)24-20(26)15-9-11-18(12-10-15)27-4-2/h6-12,14H,3-5,13H2,1-2H3,(H,22,25)(H2,23,24,26,28). The predicted molar refractivity (Wildman–Crippen MR) is 115 cm³/mol. The molecule has 7 heteroatoms. The lowest BCUT2D eigenvalue weighted by molar-refractivity contribution is 0.0950. The molecule has 0 saturated carbocycles. The number of carbonyl (C=O) groups excluding carboxylic acids is 2. The van der Waals surface area contributed by atoms with Crippen molar-refractivity contribution in [2.45, 2.75) is 26.7 Å². The van der Waals surface area contributed by atoms with Crippen molar-refractivity contribution in [3.05, 3.63) is 59.7 Å². The minimum absolute atomic E-state index is 0.138. The molecular weight excluding hydrogens is 374 g/mol. The van der Waals surface area contributed by atoms with E-state index in [4.69, 9.17) is 17.0 Å². The Labute approximate surface area is 170 Å². The third kappa shape index (κ3) is 6.66. The number of anilines is 1. The summed E-state index contributed by atoms with van der Waals surface area (Å²) in [4.78, 5) is 24.4. The van der Waals surface area contributed by atoms with E-state index < -0.39 is 0 Å². The number of rotatable bonds is 8. The molecule has 2 aromatic rings. The van der Waals surface area contributed by atoms with E-state index in [0.29, 0.717) is 35.7 Å². The van der Waals surface area contributed by atoms with Gasteiger partial charge in [-0.1, -0.05) is 19.4 Å². The fourth-order valence-electron chi connectivity index (χ4n) is 2.43. The molecule has 0 aliphatic rings. The highest BCUT2D eigenvalue weighted by Gasteiger charge is 2.10. The Hall–Kier alpha value is -2.93. The van der Waals surface area contributed by atoms with Crippen molar-refractivity contribution in [2.75, 3.05) is 18.5 Å². The highest BCUT2D eigenvalue weighted by molar-refractivity contribution is 7.80. The van der Waals surface area contributed by atoms with Gasteiger partial charge in [-0.3, -0.25) is 14.9 Å². The Balaban J connectivity index is 1.92. The minimum atomic E-state index is -0.325. The van der Waals surface area contributed by atoms with Crippen LogP contribution in [0.25, 0.3) is 0 Å². The molecule has 0 spiro atoms. The summed E-state index contributed by atoms with van der Waals surface area (Å²) < 4.78 is 5.36. The molecule has 3 N–H and O–H groups in total. The molecule has 148 valence electrons. The maximum Gasteiger partial charge on any atom is 0.257 e. The van der Waals surface area contributed by atoms with Crippen LogP contribution in [0, 0.1) is 0 Å². The molecule has 2 aromatic carbocycles. The summed E-state index contributed by atoms with van der Waals surface area (Å²) in [7, 11) is 0. The third-order valence-electron chi connectivity index (χ3n) is 3.85. The molecule has 0 bridgehead atoms. The average Bonchev–Trinajstić information content (AvgIpc) is 2.69. The van der Waals surface area contributed by atoms with E-state index >= 15 is 0 Å². The minimum Gasteiger partial charge on any atom is -0.494 e. The summed E-state index contributed by atoms with van der Waals surface area (Å²) in [6.07, 6.45) is 1.95. The topological polar surface area (TPSA) is 79.5 Å². The fraction of sp³-hybridized carbons (Fsp3) is 0.286. The lowest BCUT2D eigenvalue weighted by atomic mass is 10.2. The number of amides is 2. The molecule has 28 heavy (non-hydrogen) atoms. The molecule has 0 aliphatic heterocycles. The molecule has 0 atom stereocenters. The van der Waals surface area contributed by atoms with E-state index in [1.165, 1.54) is 0 Å². The molecule has 0 aliphatic carbocycles. The highest BCUT2D eigenvalue weighted by Crippen LogP contribution is 2.13. The van der Waals surface area contributed by atoms with Gasteiger partial charge in [-0.25, -0.2) is 0 Å². The van der Waals surface area contributed by atoms with Gasteiger partial charge >= 0.3 is 0 Å². The van der Waals surface area contributed by atoms with Crippen LogP contribution in [0.4, 0.5) is 5.69 Å². The van der Waals surface area contributed by atoms with Crippen molar-refractivity contribution in [1.29, 1.82) is 0 Å². The van der Waals surface area contributed by atoms with Gasteiger partial charge in [-0.15, -0.1) is 0 Å².